The molecule has 5 nitrogen and oxygen atoms in total. The predicted molar refractivity (Wildman–Crippen MR) is 93.9 cm³/mol. The van der Waals surface area contributed by atoms with E-state index in [0.717, 1.165) is 12.8 Å². The summed E-state index contributed by atoms with van der Waals surface area (Å²) >= 11 is 0. The molecule has 5 heteroatoms. The molecule has 23 heavy (non-hydrogen) atoms. The van der Waals surface area contributed by atoms with Gasteiger partial charge in [0.05, 0.1) is 33.0 Å². The molecule has 0 saturated heterocycles. The van der Waals surface area contributed by atoms with Gasteiger partial charge < -0.3 is 10.2 Å². The largest absolute Gasteiger partial charge is 0.394 e. The van der Waals surface area contributed by atoms with Crippen LogP contribution in [0.2, 0.25) is 0 Å². The molecule has 140 valence electrons. The molecule has 0 aliphatic carbocycles. The molecular weight excluding hydrogens is 294 g/mol. The van der Waals surface area contributed by atoms with Crippen molar-refractivity contribution in [3.05, 3.63) is 0 Å². The Bertz CT molecular complexity index is 209. The van der Waals surface area contributed by atoms with Crippen LogP contribution < -0.4 is 0 Å². The Morgan fingerprint density at radius 2 is 1.00 bits per heavy atom. The quantitative estimate of drug-likeness (QED) is 0.278. The summed E-state index contributed by atoms with van der Waals surface area (Å²) in [5, 5.41) is 18.9. The highest BCUT2D eigenvalue weighted by molar-refractivity contribution is 4.49. The van der Waals surface area contributed by atoms with E-state index >= 15 is 0 Å². The van der Waals surface area contributed by atoms with E-state index in [1.54, 1.807) is 0 Å². The second-order valence-corrected chi connectivity index (χ2v) is 6.06. The molecule has 0 aliphatic rings. The van der Waals surface area contributed by atoms with E-state index in [-0.39, 0.29) is 26.4 Å². The maximum Gasteiger partial charge on any atom is 0.0942 e. The van der Waals surface area contributed by atoms with Crippen molar-refractivity contribution in [1.29, 1.82) is 0 Å². The maximum atomic E-state index is 8.76. The van der Waals surface area contributed by atoms with Crippen LogP contribution in [0.5, 0.6) is 0 Å². The molecule has 0 fully saturated rings. The van der Waals surface area contributed by atoms with E-state index in [1.165, 1.54) is 69.4 Å². The number of aliphatic hydroxyl groups is 2. The Balaban J connectivity index is 3.31. The standard InChI is InChI=1S/C18H39NO4/c1-2-3-4-5-6-7-8-9-10-11-12-13-14-19(22-17-15-20)23-18-16-21/h20-21H,2-18H2,1H3. The van der Waals surface area contributed by atoms with Gasteiger partial charge >= 0.3 is 0 Å². The van der Waals surface area contributed by atoms with Crippen LogP contribution in [-0.4, -0.2) is 48.4 Å². The molecule has 0 unspecified atom stereocenters. The average molecular weight is 334 g/mol. The fraction of sp³-hybridized carbons (Fsp3) is 1.00. The molecule has 0 heterocycles. The van der Waals surface area contributed by atoms with Gasteiger partial charge in [-0.1, -0.05) is 82.8 Å². The van der Waals surface area contributed by atoms with Crippen LogP contribution in [0.4, 0.5) is 0 Å². The highest BCUT2D eigenvalue weighted by Gasteiger charge is 2.05. The van der Waals surface area contributed by atoms with Gasteiger partial charge in [0.15, 0.2) is 0 Å². The average Bonchev–Trinajstić information content (AvgIpc) is 2.57. The fourth-order valence-electron chi connectivity index (χ4n) is 2.53. The zero-order chi connectivity index (χ0) is 17.0. The summed E-state index contributed by atoms with van der Waals surface area (Å²) in [4.78, 5) is 10.5. The Hall–Kier alpha value is -0.200. The lowest BCUT2D eigenvalue weighted by Crippen LogP contribution is -2.28. The predicted octanol–water partition coefficient (Wildman–Crippen LogP) is 3.84. The minimum atomic E-state index is -0.0303. The summed E-state index contributed by atoms with van der Waals surface area (Å²) in [6.45, 7) is 3.33. The van der Waals surface area contributed by atoms with Crippen molar-refractivity contribution in [2.45, 2.75) is 84.0 Å². The summed E-state index contributed by atoms with van der Waals surface area (Å²) in [5.41, 5.74) is 0. The first kappa shape index (κ1) is 22.8. The Kier molecular flexibility index (Phi) is 19.7. The third kappa shape index (κ3) is 18.0. The molecule has 2 N–H and O–H groups in total. The summed E-state index contributed by atoms with van der Waals surface area (Å²) in [6, 6.07) is 0. The van der Waals surface area contributed by atoms with E-state index in [2.05, 4.69) is 6.92 Å². The smallest absolute Gasteiger partial charge is 0.0942 e. The van der Waals surface area contributed by atoms with Gasteiger partial charge in [-0.2, -0.15) is 0 Å². The fourth-order valence-corrected chi connectivity index (χ4v) is 2.53. The lowest BCUT2D eigenvalue weighted by molar-refractivity contribution is -0.371. The molecule has 0 radical (unpaired) electrons. The highest BCUT2D eigenvalue weighted by atomic mass is 16.9. The summed E-state index contributed by atoms with van der Waals surface area (Å²) in [5.74, 6) is 0. The van der Waals surface area contributed by atoms with Crippen molar-refractivity contribution >= 4 is 0 Å². The molecule has 0 atom stereocenters. The van der Waals surface area contributed by atoms with Gasteiger partial charge in [-0.3, -0.25) is 9.68 Å². The molecular formula is C18H39NO4. The second-order valence-electron chi connectivity index (χ2n) is 6.06. The Morgan fingerprint density at radius 1 is 0.609 bits per heavy atom. The van der Waals surface area contributed by atoms with Crippen LogP contribution >= 0.6 is 0 Å². The van der Waals surface area contributed by atoms with Crippen molar-refractivity contribution in [3.63, 3.8) is 0 Å². The van der Waals surface area contributed by atoms with E-state index in [4.69, 9.17) is 19.9 Å². The first-order chi connectivity index (χ1) is 11.3. The molecule has 0 aliphatic heterocycles. The molecule has 0 spiro atoms. The summed E-state index contributed by atoms with van der Waals surface area (Å²) in [7, 11) is 0. The van der Waals surface area contributed by atoms with Crippen LogP contribution in [0.15, 0.2) is 0 Å². The molecule has 0 amide bonds. The van der Waals surface area contributed by atoms with Crippen molar-refractivity contribution in [3.8, 4) is 0 Å². The Labute approximate surface area is 142 Å². The minimum absolute atomic E-state index is 0.0303. The number of nitrogens with zero attached hydrogens (tertiary/aromatic N) is 1. The van der Waals surface area contributed by atoms with Crippen LogP contribution in [0.3, 0.4) is 0 Å². The van der Waals surface area contributed by atoms with Crippen molar-refractivity contribution in [2.24, 2.45) is 0 Å². The molecule has 0 aromatic heterocycles. The third-order valence-corrected chi connectivity index (χ3v) is 3.85. The minimum Gasteiger partial charge on any atom is -0.394 e. The monoisotopic (exact) mass is 333 g/mol. The zero-order valence-corrected chi connectivity index (χ0v) is 15.2. The number of aliphatic hydroxyl groups excluding tert-OH is 2. The lowest BCUT2D eigenvalue weighted by Gasteiger charge is -2.20. The van der Waals surface area contributed by atoms with Crippen LogP contribution in [-0.2, 0) is 9.68 Å². The number of hydroxylamine groups is 2. The number of rotatable bonds is 19. The first-order valence-electron chi connectivity index (χ1n) is 9.60. The second kappa shape index (κ2) is 19.8. The van der Waals surface area contributed by atoms with Gasteiger partial charge in [-0.15, -0.1) is 0 Å². The molecule has 0 aromatic rings. The highest BCUT2D eigenvalue weighted by Crippen LogP contribution is 2.12. The van der Waals surface area contributed by atoms with Crippen LogP contribution in [0, 0.1) is 0 Å². The number of hydrogen-bond acceptors (Lipinski definition) is 5. The van der Waals surface area contributed by atoms with Gasteiger partial charge in [0.25, 0.3) is 0 Å². The topological polar surface area (TPSA) is 62.2 Å². The maximum absolute atomic E-state index is 8.76. The number of hydrogen-bond donors (Lipinski definition) is 2. The molecule has 0 bridgehead atoms. The van der Waals surface area contributed by atoms with Gasteiger partial charge in [-0.05, 0) is 6.42 Å². The molecule has 0 saturated carbocycles. The van der Waals surface area contributed by atoms with E-state index in [0.29, 0.717) is 6.54 Å². The number of unbranched alkanes of at least 4 members (excludes halogenated alkanes) is 11. The van der Waals surface area contributed by atoms with Gasteiger partial charge in [0.1, 0.15) is 0 Å². The van der Waals surface area contributed by atoms with E-state index < -0.39 is 0 Å². The summed E-state index contributed by atoms with van der Waals surface area (Å²) < 4.78 is 0. The summed E-state index contributed by atoms with van der Waals surface area (Å²) in [6.07, 6.45) is 15.8. The molecule has 0 aromatic carbocycles. The van der Waals surface area contributed by atoms with E-state index in [9.17, 15) is 0 Å². The van der Waals surface area contributed by atoms with Crippen LogP contribution in [0.25, 0.3) is 0 Å². The zero-order valence-electron chi connectivity index (χ0n) is 15.2. The first-order valence-corrected chi connectivity index (χ1v) is 9.60. The van der Waals surface area contributed by atoms with Gasteiger partial charge in [0.2, 0.25) is 0 Å². The normalized spacial score (nSPS) is 11.5. The van der Waals surface area contributed by atoms with Crippen LogP contribution in [0.1, 0.15) is 84.0 Å². The molecule has 0 rings (SSSR count). The van der Waals surface area contributed by atoms with E-state index in [1.807, 2.05) is 0 Å². The van der Waals surface area contributed by atoms with Crippen molar-refractivity contribution in [1.82, 2.24) is 5.23 Å². The van der Waals surface area contributed by atoms with Crippen molar-refractivity contribution in [2.75, 3.05) is 33.0 Å². The SMILES string of the molecule is CCCCCCCCCCCCCCN(OCCO)OCCO. The van der Waals surface area contributed by atoms with Gasteiger partial charge in [-0.25, -0.2) is 0 Å². The Morgan fingerprint density at radius 3 is 1.39 bits per heavy atom. The third-order valence-electron chi connectivity index (χ3n) is 3.85. The lowest BCUT2D eigenvalue weighted by atomic mass is 10.1. The van der Waals surface area contributed by atoms with Gasteiger partial charge in [0, 0.05) is 0 Å². The van der Waals surface area contributed by atoms with Crippen molar-refractivity contribution < 1.29 is 19.9 Å².